The summed E-state index contributed by atoms with van der Waals surface area (Å²) in [5.74, 6) is 0.760. The van der Waals surface area contributed by atoms with Gasteiger partial charge in [-0.3, -0.25) is 0 Å². The number of hydrogen-bond donors (Lipinski definition) is 1. The van der Waals surface area contributed by atoms with Crippen LogP contribution in [0.5, 0.6) is 5.75 Å². The van der Waals surface area contributed by atoms with E-state index in [1.807, 2.05) is 24.3 Å². The van der Waals surface area contributed by atoms with Gasteiger partial charge in [-0.15, -0.1) is 0 Å². The van der Waals surface area contributed by atoms with Gasteiger partial charge in [0, 0.05) is 0 Å². The zero-order chi connectivity index (χ0) is 13.0. The Morgan fingerprint density at radius 2 is 1.89 bits per heavy atom. The molecule has 2 heteroatoms. The van der Waals surface area contributed by atoms with E-state index in [2.05, 4.69) is 32.0 Å². The second-order valence-electron chi connectivity index (χ2n) is 4.44. The highest BCUT2D eigenvalue weighted by atomic mass is 16.5. The molecule has 0 bridgehead atoms. The second-order valence-corrected chi connectivity index (χ2v) is 4.44. The highest BCUT2D eigenvalue weighted by Gasteiger charge is 2.03. The first-order valence-electron chi connectivity index (χ1n) is 6.26. The van der Waals surface area contributed by atoms with Crippen LogP contribution in [0.15, 0.2) is 42.5 Å². The lowest BCUT2D eigenvalue weighted by Gasteiger charge is -2.11. The second kappa shape index (κ2) is 5.58. The Kier molecular flexibility index (Phi) is 3.88. The lowest BCUT2D eigenvalue weighted by atomic mass is 10.1. The fraction of sp³-hybridized carbons (Fsp3) is 0.250. The van der Waals surface area contributed by atoms with Gasteiger partial charge in [0.15, 0.2) is 0 Å². The summed E-state index contributed by atoms with van der Waals surface area (Å²) in [7, 11) is 0. The van der Waals surface area contributed by atoms with Crippen LogP contribution in [-0.2, 0) is 13.0 Å². The van der Waals surface area contributed by atoms with Crippen molar-refractivity contribution in [2.24, 2.45) is 0 Å². The third kappa shape index (κ3) is 2.83. The summed E-state index contributed by atoms with van der Waals surface area (Å²) in [5.41, 5.74) is 10.3. The number of ether oxygens (including phenoxy) is 1. The summed E-state index contributed by atoms with van der Waals surface area (Å²) in [6, 6.07) is 14.2. The predicted octanol–water partition coefficient (Wildman–Crippen LogP) is 3.72. The topological polar surface area (TPSA) is 35.2 Å². The number of nitrogens with two attached hydrogens (primary N) is 1. The Morgan fingerprint density at radius 3 is 2.56 bits per heavy atom. The lowest BCUT2D eigenvalue weighted by Crippen LogP contribution is -2.00. The molecule has 0 radical (unpaired) electrons. The van der Waals surface area contributed by atoms with E-state index < -0.39 is 0 Å². The Labute approximate surface area is 108 Å². The van der Waals surface area contributed by atoms with E-state index in [-0.39, 0.29) is 0 Å². The molecule has 2 N–H and O–H groups in total. The number of rotatable bonds is 4. The molecule has 2 aromatic rings. The molecule has 94 valence electrons. The molecule has 0 aliphatic rings. The van der Waals surface area contributed by atoms with Gasteiger partial charge >= 0.3 is 0 Å². The first-order valence-corrected chi connectivity index (χ1v) is 6.26. The highest BCUT2D eigenvalue weighted by molar-refractivity contribution is 5.54. The Balaban J connectivity index is 2.09. The summed E-state index contributed by atoms with van der Waals surface area (Å²) >= 11 is 0. The van der Waals surface area contributed by atoms with Gasteiger partial charge in [-0.25, -0.2) is 0 Å². The molecule has 2 nitrogen and oxygen atoms in total. The van der Waals surface area contributed by atoms with Crippen LogP contribution in [-0.4, -0.2) is 0 Å². The number of anilines is 1. The number of hydrogen-bond acceptors (Lipinski definition) is 2. The molecule has 0 saturated heterocycles. The Morgan fingerprint density at radius 1 is 1.11 bits per heavy atom. The fourth-order valence-corrected chi connectivity index (χ4v) is 1.88. The van der Waals surface area contributed by atoms with Crippen LogP contribution in [0.4, 0.5) is 5.69 Å². The molecule has 0 saturated carbocycles. The van der Waals surface area contributed by atoms with Crippen molar-refractivity contribution in [3.8, 4) is 5.75 Å². The van der Waals surface area contributed by atoms with Gasteiger partial charge in [0.1, 0.15) is 12.4 Å². The molecule has 0 atom stereocenters. The van der Waals surface area contributed by atoms with Crippen molar-refractivity contribution in [3.05, 3.63) is 59.2 Å². The average molecular weight is 241 g/mol. The molecular formula is C16H19NO. The molecule has 2 aromatic carbocycles. The van der Waals surface area contributed by atoms with Crippen LogP contribution >= 0.6 is 0 Å². The van der Waals surface area contributed by atoms with Gasteiger partial charge in [-0.2, -0.15) is 0 Å². The highest BCUT2D eigenvalue weighted by Crippen LogP contribution is 2.24. The van der Waals surface area contributed by atoms with E-state index in [9.17, 15) is 0 Å². The van der Waals surface area contributed by atoms with Gasteiger partial charge in [0.05, 0.1) is 5.69 Å². The molecular weight excluding hydrogens is 222 g/mol. The maximum atomic E-state index is 5.97. The summed E-state index contributed by atoms with van der Waals surface area (Å²) in [4.78, 5) is 0. The minimum absolute atomic E-state index is 0.558. The molecule has 0 unspecified atom stereocenters. The smallest absolute Gasteiger partial charge is 0.142 e. The van der Waals surface area contributed by atoms with Crippen molar-refractivity contribution in [1.82, 2.24) is 0 Å². The van der Waals surface area contributed by atoms with E-state index in [0.29, 0.717) is 12.3 Å². The minimum Gasteiger partial charge on any atom is -0.487 e. The molecule has 0 amide bonds. The van der Waals surface area contributed by atoms with E-state index in [1.54, 1.807) is 0 Å². The summed E-state index contributed by atoms with van der Waals surface area (Å²) in [6.07, 6.45) is 0.988. The van der Waals surface area contributed by atoms with Crippen LogP contribution < -0.4 is 10.5 Å². The first kappa shape index (κ1) is 12.5. The van der Waals surface area contributed by atoms with Gasteiger partial charge in [-0.05, 0) is 42.2 Å². The molecule has 0 aliphatic heterocycles. The zero-order valence-corrected chi connectivity index (χ0v) is 10.9. The summed E-state index contributed by atoms with van der Waals surface area (Å²) in [6.45, 7) is 4.76. The molecule has 0 aliphatic carbocycles. The van der Waals surface area contributed by atoms with Crippen molar-refractivity contribution in [2.75, 3.05) is 5.73 Å². The monoisotopic (exact) mass is 241 g/mol. The Hall–Kier alpha value is -1.96. The van der Waals surface area contributed by atoms with Crippen molar-refractivity contribution in [3.63, 3.8) is 0 Å². The average Bonchev–Trinajstić information content (AvgIpc) is 2.39. The third-order valence-electron chi connectivity index (χ3n) is 3.13. The van der Waals surface area contributed by atoms with E-state index in [4.69, 9.17) is 10.5 Å². The summed E-state index contributed by atoms with van der Waals surface area (Å²) < 4.78 is 5.78. The SMILES string of the molecule is CCc1ccc(OCc2ccccc2C)c(N)c1. The van der Waals surface area contributed by atoms with Crippen molar-refractivity contribution >= 4 is 5.69 Å². The van der Waals surface area contributed by atoms with Gasteiger partial charge in [0.2, 0.25) is 0 Å². The zero-order valence-electron chi connectivity index (χ0n) is 10.9. The van der Waals surface area contributed by atoms with Gasteiger partial charge < -0.3 is 10.5 Å². The molecule has 0 spiro atoms. The van der Waals surface area contributed by atoms with Crippen LogP contribution in [0.3, 0.4) is 0 Å². The largest absolute Gasteiger partial charge is 0.487 e. The van der Waals surface area contributed by atoms with Crippen LogP contribution in [0.1, 0.15) is 23.6 Å². The number of nitrogen functional groups attached to an aromatic ring is 1. The number of aryl methyl sites for hydroxylation is 2. The standard InChI is InChI=1S/C16H19NO/c1-3-13-8-9-16(15(17)10-13)18-11-14-7-5-4-6-12(14)2/h4-10H,3,11,17H2,1-2H3. The quantitative estimate of drug-likeness (QED) is 0.828. The van der Waals surface area contributed by atoms with E-state index in [0.717, 1.165) is 12.2 Å². The van der Waals surface area contributed by atoms with Crippen molar-refractivity contribution < 1.29 is 4.74 Å². The Bertz CT molecular complexity index is 534. The fourth-order valence-electron chi connectivity index (χ4n) is 1.88. The van der Waals surface area contributed by atoms with E-state index >= 15 is 0 Å². The molecule has 2 rings (SSSR count). The molecule has 18 heavy (non-hydrogen) atoms. The van der Waals surface area contributed by atoms with Crippen molar-refractivity contribution in [1.29, 1.82) is 0 Å². The molecule has 0 aromatic heterocycles. The van der Waals surface area contributed by atoms with E-state index in [1.165, 1.54) is 16.7 Å². The molecule has 0 heterocycles. The first-order chi connectivity index (χ1) is 8.70. The van der Waals surface area contributed by atoms with Crippen LogP contribution in [0, 0.1) is 6.92 Å². The number of benzene rings is 2. The maximum Gasteiger partial charge on any atom is 0.142 e. The maximum absolute atomic E-state index is 5.97. The third-order valence-corrected chi connectivity index (χ3v) is 3.13. The van der Waals surface area contributed by atoms with Crippen LogP contribution in [0.25, 0.3) is 0 Å². The predicted molar refractivity (Wildman–Crippen MR) is 75.7 cm³/mol. The lowest BCUT2D eigenvalue weighted by molar-refractivity contribution is 0.307. The van der Waals surface area contributed by atoms with Gasteiger partial charge in [0.25, 0.3) is 0 Å². The van der Waals surface area contributed by atoms with Crippen LogP contribution in [0.2, 0.25) is 0 Å². The summed E-state index contributed by atoms with van der Waals surface area (Å²) in [5, 5.41) is 0. The normalized spacial score (nSPS) is 10.3. The van der Waals surface area contributed by atoms with Crippen molar-refractivity contribution in [2.45, 2.75) is 26.9 Å². The van der Waals surface area contributed by atoms with Gasteiger partial charge in [-0.1, -0.05) is 37.3 Å². The molecule has 0 fully saturated rings. The minimum atomic E-state index is 0.558.